The van der Waals surface area contributed by atoms with Crippen molar-refractivity contribution in [3.05, 3.63) is 0 Å². The summed E-state index contributed by atoms with van der Waals surface area (Å²) in [5, 5.41) is 10.9. The quantitative estimate of drug-likeness (QED) is 0.290. The topological polar surface area (TPSA) is 67.8 Å². The molecule has 0 aromatic rings. The summed E-state index contributed by atoms with van der Waals surface area (Å²) in [6, 6.07) is 0. The zero-order chi connectivity index (χ0) is 8.53. The van der Waals surface area contributed by atoms with Crippen LogP contribution >= 0.6 is 0 Å². The van der Waals surface area contributed by atoms with E-state index in [1.165, 1.54) is 7.11 Å². The monoisotopic (exact) mass is 163 g/mol. The van der Waals surface area contributed by atoms with E-state index in [4.69, 9.17) is 9.84 Å². The van der Waals surface area contributed by atoms with Crippen LogP contribution in [0.1, 0.15) is 0 Å². The number of esters is 1. The van der Waals surface area contributed by atoms with Crippen LogP contribution in [0, 0.1) is 0 Å². The Balaban J connectivity index is 2.95. The summed E-state index contributed by atoms with van der Waals surface area (Å²) in [5.74, 6) is -0.394. The molecule has 0 saturated heterocycles. The molecule has 0 aliphatic heterocycles. The van der Waals surface area contributed by atoms with Crippen molar-refractivity contribution in [2.24, 2.45) is 0 Å². The Morgan fingerprint density at radius 2 is 2.36 bits per heavy atom. The number of methoxy groups -OCH3 is 1. The van der Waals surface area contributed by atoms with E-state index < -0.39 is 5.97 Å². The predicted octanol–water partition coefficient (Wildman–Crippen LogP) is -1.28. The SMILES string of the molecule is COC(=O)COCCNCO. The van der Waals surface area contributed by atoms with E-state index in [-0.39, 0.29) is 13.3 Å². The molecular formula is C6H13NO4. The van der Waals surface area contributed by atoms with Crippen molar-refractivity contribution < 1.29 is 19.4 Å². The van der Waals surface area contributed by atoms with Crippen molar-refractivity contribution in [3.63, 3.8) is 0 Å². The number of aliphatic hydroxyl groups is 1. The van der Waals surface area contributed by atoms with Crippen LogP contribution in [-0.2, 0) is 14.3 Å². The van der Waals surface area contributed by atoms with Crippen molar-refractivity contribution in [2.75, 3.05) is 33.6 Å². The van der Waals surface area contributed by atoms with Crippen LogP contribution in [0.3, 0.4) is 0 Å². The second kappa shape index (κ2) is 7.46. The van der Waals surface area contributed by atoms with E-state index >= 15 is 0 Å². The third kappa shape index (κ3) is 7.24. The van der Waals surface area contributed by atoms with Gasteiger partial charge in [-0.15, -0.1) is 0 Å². The van der Waals surface area contributed by atoms with Crippen molar-refractivity contribution >= 4 is 5.97 Å². The Morgan fingerprint density at radius 1 is 1.64 bits per heavy atom. The maximum absolute atomic E-state index is 10.4. The second-order valence-corrected chi connectivity index (χ2v) is 1.79. The summed E-state index contributed by atoms with van der Waals surface area (Å²) in [5.41, 5.74) is 0. The van der Waals surface area contributed by atoms with Gasteiger partial charge in [0.15, 0.2) is 0 Å². The highest BCUT2D eigenvalue weighted by Gasteiger charge is 1.97. The van der Waals surface area contributed by atoms with Crippen molar-refractivity contribution in [1.29, 1.82) is 0 Å². The third-order valence-corrected chi connectivity index (χ3v) is 0.983. The minimum atomic E-state index is -0.394. The highest BCUT2D eigenvalue weighted by atomic mass is 16.6. The van der Waals surface area contributed by atoms with Gasteiger partial charge in [-0.2, -0.15) is 0 Å². The molecule has 0 aliphatic carbocycles. The van der Waals surface area contributed by atoms with Gasteiger partial charge >= 0.3 is 5.97 Å². The molecule has 0 bridgehead atoms. The number of carbonyl (C=O) groups excluding carboxylic acids is 1. The standard InChI is InChI=1S/C6H13NO4/c1-10-6(9)4-11-3-2-7-5-8/h7-8H,2-5H2,1H3. The van der Waals surface area contributed by atoms with Gasteiger partial charge < -0.3 is 14.6 Å². The number of aliphatic hydroxyl groups excluding tert-OH is 1. The molecule has 5 nitrogen and oxygen atoms in total. The number of carbonyl (C=O) groups is 1. The first kappa shape index (κ1) is 10.3. The van der Waals surface area contributed by atoms with E-state index in [1.54, 1.807) is 0 Å². The van der Waals surface area contributed by atoms with Gasteiger partial charge in [0.25, 0.3) is 0 Å². The fourth-order valence-electron chi connectivity index (χ4n) is 0.438. The van der Waals surface area contributed by atoms with Gasteiger partial charge in [-0.3, -0.25) is 5.32 Å². The molecular weight excluding hydrogens is 150 g/mol. The zero-order valence-electron chi connectivity index (χ0n) is 6.50. The lowest BCUT2D eigenvalue weighted by atomic mass is 10.6. The van der Waals surface area contributed by atoms with Gasteiger partial charge in [0.2, 0.25) is 0 Å². The Hall–Kier alpha value is -0.650. The van der Waals surface area contributed by atoms with Crippen LogP contribution in [0.5, 0.6) is 0 Å². The fraction of sp³-hybridized carbons (Fsp3) is 0.833. The van der Waals surface area contributed by atoms with E-state index in [9.17, 15) is 4.79 Å². The molecule has 0 aromatic heterocycles. The summed E-state index contributed by atoms with van der Waals surface area (Å²) in [6.07, 6.45) is 0. The lowest BCUT2D eigenvalue weighted by Crippen LogP contribution is -2.22. The first-order valence-electron chi connectivity index (χ1n) is 3.27. The van der Waals surface area contributed by atoms with Gasteiger partial charge in [-0.25, -0.2) is 4.79 Å². The fourth-order valence-corrected chi connectivity index (χ4v) is 0.438. The van der Waals surface area contributed by atoms with E-state index in [2.05, 4.69) is 10.1 Å². The predicted molar refractivity (Wildman–Crippen MR) is 37.9 cm³/mol. The smallest absolute Gasteiger partial charge is 0.331 e. The van der Waals surface area contributed by atoms with Gasteiger partial charge in [-0.1, -0.05) is 0 Å². The third-order valence-electron chi connectivity index (χ3n) is 0.983. The van der Waals surface area contributed by atoms with E-state index in [0.29, 0.717) is 13.2 Å². The lowest BCUT2D eigenvalue weighted by molar-refractivity contribution is -0.145. The molecule has 66 valence electrons. The van der Waals surface area contributed by atoms with E-state index in [0.717, 1.165) is 0 Å². The Labute approximate surface area is 65.3 Å². The molecule has 2 N–H and O–H groups in total. The molecule has 0 aliphatic rings. The number of nitrogens with one attached hydrogen (secondary N) is 1. The maximum Gasteiger partial charge on any atom is 0.331 e. The average Bonchev–Trinajstić information content (AvgIpc) is 2.04. The van der Waals surface area contributed by atoms with Gasteiger partial charge in [-0.05, 0) is 0 Å². The van der Waals surface area contributed by atoms with Crippen molar-refractivity contribution in [3.8, 4) is 0 Å². The Kier molecular flexibility index (Phi) is 7.02. The summed E-state index contributed by atoms with van der Waals surface area (Å²) in [6.45, 7) is 0.786. The molecule has 11 heavy (non-hydrogen) atoms. The van der Waals surface area contributed by atoms with Crippen LogP contribution in [0.2, 0.25) is 0 Å². The normalized spacial score (nSPS) is 9.64. The Morgan fingerprint density at radius 3 is 2.91 bits per heavy atom. The molecule has 0 heterocycles. The number of rotatable bonds is 6. The van der Waals surface area contributed by atoms with Crippen LogP contribution in [0.15, 0.2) is 0 Å². The van der Waals surface area contributed by atoms with Crippen LogP contribution in [-0.4, -0.2) is 44.7 Å². The summed E-state index contributed by atoms with van der Waals surface area (Å²) in [4.78, 5) is 10.4. The van der Waals surface area contributed by atoms with Gasteiger partial charge in [0.1, 0.15) is 6.61 Å². The summed E-state index contributed by atoms with van der Waals surface area (Å²) < 4.78 is 9.16. The minimum Gasteiger partial charge on any atom is -0.467 e. The maximum atomic E-state index is 10.4. The van der Waals surface area contributed by atoms with Crippen LogP contribution in [0.25, 0.3) is 0 Å². The summed E-state index contributed by atoms with van der Waals surface area (Å²) >= 11 is 0. The van der Waals surface area contributed by atoms with Crippen molar-refractivity contribution in [2.45, 2.75) is 0 Å². The first-order chi connectivity index (χ1) is 5.31. The average molecular weight is 163 g/mol. The number of ether oxygens (including phenoxy) is 2. The Bertz CT molecular complexity index is 107. The number of hydrogen-bond donors (Lipinski definition) is 2. The van der Waals surface area contributed by atoms with Crippen LogP contribution in [0.4, 0.5) is 0 Å². The summed E-state index contributed by atoms with van der Waals surface area (Å²) in [7, 11) is 1.30. The molecule has 0 unspecified atom stereocenters. The van der Waals surface area contributed by atoms with E-state index in [1.807, 2.05) is 0 Å². The van der Waals surface area contributed by atoms with Gasteiger partial charge in [0, 0.05) is 6.54 Å². The van der Waals surface area contributed by atoms with Crippen molar-refractivity contribution in [1.82, 2.24) is 5.32 Å². The molecule has 0 saturated carbocycles. The molecule has 0 atom stereocenters. The molecule has 0 aromatic carbocycles. The van der Waals surface area contributed by atoms with Crippen LogP contribution < -0.4 is 5.32 Å². The second-order valence-electron chi connectivity index (χ2n) is 1.79. The van der Waals surface area contributed by atoms with Gasteiger partial charge in [0.05, 0.1) is 20.4 Å². The molecule has 0 rings (SSSR count). The molecule has 5 heteroatoms. The molecule has 0 spiro atoms. The molecule has 0 amide bonds. The first-order valence-corrected chi connectivity index (χ1v) is 3.27. The number of hydrogen-bond acceptors (Lipinski definition) is 5. The highest BCUT2D eigenvalue weighted by molar-refractivity contribution is 5.70. The lowest BCUT2D eigenvalue weighted by Gasteiger charge is -2.01. The highest BCUT2D eigenvalue weighted by Crippen LogP contribution is 1.76. The molecule has 0 radical (unpaired) electrons. The molecule has 0 fully saturated rings. The largest absolute Gasteiger partial charge is 0.467 e. The minimum absolute atomic E-state index is 0.0381. The zero-order valence-corrected chi connectivity index (χ0v) is 6.50.